The van der Waals surface area contributed by atoms with Crippen molar-refractivity contribution in [2.45, 2.75) is 39.7 Å². The highest BCUT2D eigenvalue weighted by Gasteiger charge is 2.24. The maximum absolute atomic E-state index is 12.3. The molecule has 0 unspecified atom stereocenters. The Kier molecular flexibility index (Phi) is 4.81. The van der Waals surface area contributed by atoms with Crippen LogP contribution in [0.2, 0.25) is 0 Å². The van der Waals surface area contributed by atoms with E-state index in [4.69, 9.17) is 0 Å². The minimum atomic E-state index is 0.0859. The molecule has 1 heterocycles. The first-order valence-corrected chi connectivity index (χ1v) is 7.53. The number of nitrogens with one attached hydrogen (secondary N) is 1. The van der Waals surface area contributed by atoms with E-state index in [1.54, 1.807) is 0 Å². The second-order valence-electron chi connectivity index (χ2n) is 6.17. The highest BCUT2D eigenvalue weighted by molar-refractivity contribution is 5.79. The number of hydrogen-bond donors (Lipinski definition) is 1. The number of aryl methyl sites for hydroxylation is 2. The van der Waals surface area contributed by atoms with E-state index >= 15 is 0 Å². The molecule has 1 aromatic rings. The number of carbonyl (C=O) groups excluding carboxylic acids is 1. The van der Waals surface area contributed by atoms with E-state index in [9.17, 15) is 4.79 Å². The number of likely N-dealkylation sites (tertiary alicyclic amines) is 1. The molecular weight excluding hydrogens is 248 g/mol. The lowest BCUT2D eigenvalue weighted by molar-refractivity contribution is -0.127. The maximum atomic E-state index is 12.3. The fourth-order valence-corrected chi connectivity index (χ4v) is 2.99. The first kappa shape index (κ1) is 15.0. The minimum absolute atomic E-state index is 0.0859. The lowest BCUT2D eigenvalue weighted by Crippen LogP contribution is -2.39. The van der Waals surface area contributed by atoms with Crippen molar-refractivity contribution in [3.63, 3.8) is 0 Å². The summed E-state index contributed by atoms with van der Waals surface area (Å²) >= 11 is 0. The van der Waals surface area contributed by atoms with E-state index in [2.05, 4.69) is 56.2 Å². The third kappa shape index (κ3) is 3.60. The second-order valence-corrected chi connectivity index (χ2v) is 6.17. The van der Waals surface area contributed by atoms with E-state index in [1.807, 2.05) is 0 Å². The number of nitrogens with zero attached hydrogens (tertiary/aromatic N) is 1. The van der Waals surface area contributed by atoms with E-state index in [0.717, 1.165) is 25.9 Å². The van der Waals surface area contributed by atoms with Crippen molar-refractivity contribution in [2.24, 2.45) is 5.92 Å². The summed E-state index contributed by atoms with van der Waals surface area (Å²) in [5.41, 5.74) is 3.73. The van der Waals surface area contributed by atoms with E-state index in [0.29, 0.717) is 0 Å². The van der Waals surface area contributed by atoms with Gasteiger partial charge in [-0.2, -0.15) is 0 Å². The van der Waals surface area contributed by atoms with Crippen LogP contribution in [-0.2, 0) is 4.79 Å². The molecule has 1 aliphatic rings. The van der Waals surface area contributed by atoms with Gasteiger partial charge in [-0.05, 0) is 64.9 Å². The molecule has 1 atom stereocenters. The summed E-state index contributed by atoms with van der Waals surface area (Å²) in [6.07, 6.45) is 1.95. The Labute approximate surface area is 122 Å². The number of amides is 1. The number of carbonyl (C=O) groups is 1. The number of benzene rings is 1. The quantitative estimate of drug-likeness (QED) is 0.919. The Morgan fingerprint density at radius 3 is 2.55 bits per heavy atom. The molecule has 0 aliphatic carbocycles. The molecule has 1 saturated heterocycles. The van der Waals surface area contributed by atoms with Gasteiger partial charge >= 0.3 is 0 Å². The summed E-state index contributed by atoms with van der Waals surface area (Å²) in [7, 11) is 2.12. The van der Waals surface area contributed by atoms with Crippen molar-refractivity contribution < 1.29 is 4.79 Å². The zero-order chi connectivity index (χ0) is 14.7. The fourth-order valence-electron chi connectivity index (χ4n) is 2.99. The number of piperidine rings is 1. The fraction of sp³-hybridized carbons (Fsp3) is 0.588. The molecule has 0 radical (unpaired) electrons. The molecule has 1 amide bonds. The monoisotopic (exact) mass is 274 g/mol. The summed E-state index contributed by atoms with van der Waals surface area (Å²) in [5, 5.41) is 3.18. The van der Waals surface area contributed by atoms with Crippen LogP contribution in [0.25, 0.3) is 0 Å². The zero-order valence-corrected chi connectivity index (χ0v) is 13.1. The molecule has 1 aromatic carbocycles. The minimum Gasteiger partial charge on any atom is -0.349 e. The van der Waals surface area contributed by atoms with Gasteiger partial charge in [0, 0.05) is 5.92 Å². The van der Waals surface area contributed by atoms with Crippen LogP contribution >= 0.6 is 0 Å². The lowest BCUT2D eigenvalue weighted by Gasteiger charge is -2.29. The van der Waals surface area contributed by atoms with Crippen molar-refractivity contribution in [1.29, 1.82) is 0 Å². The van der Waals surface area contributed by atoms with Crippen LogP contribution in [0.15, 0.2) is 18.2 Å². The Bertz CT molecular complexity index is 476. The molecule has 2 rings (SSSR count). The Hall–Kier alpha value is -1.35. The molecule has 110 valence electrons. The van der Waals surface area contributed by atoms with Gasteiger partial charge in [-0.15, -0.1) is 0 Å². The lowest BCUT2D eigenvalue weighted by atomic mass is 9.95. The van der Waals surface area contributed by atoms with E-state index in [-0.39, 0.29) is 17.9 Å². The van der Waals surface area contributed by atoms with Crippen LogP contribution in [0.4, 0.5) is 0 Å². The van der Waals surface area contributed by atoms with Crippen LogP contribution < -0.4 is 5.32 Å². The van der Waals surface area contributed by atoms with Gasteiger partial charge in [-0.1, -0.05) is 23.8 Å². The van der Waals surface area contributed by atoms with Gasteiger partial charge in [0.15, 0.2) is 0 Å². The van der Waals surface area contributed by atoms with Crippen LogP contribution in [0, 0.1) is 19.8 Å². The predicted molar refractivity (Wildman–Crippen MR) is 82.7 cm³/mol. The van der Waals surface area contributed by atoms with Crippen molar-refractivity contribution in [3.05, 3.63) is 34.9 Å². The standard InChI is InChI=1S/C17H26N2O/c1-12-5-6-16(13(2)11-12)14(3)18-17(20)15-7-9-19(4)10-8-15/h5-6,11,14-15H,7-10H2,1-4H3,(H,18,20)/t14-/m0/s1. The van der Waals surface area contributed by atoms with Gasteiger partial charge in [0.2, 0.25) is 5.91 Å². The van der Waals surface area contributed by atoms with Gasteiger partial charge in [-0.25, -0.2) is 0 Å². The molecule has 0 spiro atoms. The van der Waals surface area contributed by atoms with Crippen LogP contribution in [0.1, 0.15) is 42.5 Å². The topological polar surface area (TPSA) is 32.3 Å². The van der Waals surface area contributed by atoms with Gasteiger partial charge < -0.3 is 10.2 Å². The predicted octanol–water partition coefficient (Wildman–Crippen LogP) is 2.82. The third-order valence-electron chi connectivity index (χ3n) is 4.34. The molecule has 1 N–H and O–H groups in total. The smallest absolute Gasteiger partial charge is 0.223 e. The normalized spacial score (nSPS) is 18.8. The van der Waals surface area contributed by atoms with Gasteiger partial charge in [-0.3, -0.25) is 4.79 Å². The highest BCUT2D eigenvalue weighted by atomic mass is 16.1. The summed E-state index contributed by atoms with van der Waals surface area (Å²) in [6.45, 7) is 8.33. The van der Waals surface area contributed by atoms with Crippen molar-refractivity contribution in [2.75, 3.05) is 20.1 Å². The zero-order valence-electron chi connectivity index (χ0n) is 13.1. The largest absolute Gasteiger partial charge is 0.349 e. The summed E-state index contributed by atoms with van der Waals surface area (Å²) in [5.74, 6) is 0.393. The molecule has 0 saturated carbocycles. The second kappa shape index (κ2) is 6.40. The van der Waals surface area contributed by atoms with Crippen LogP contribution in [0.3, 0.4) is 0 Å². The van der Waals surface area contributed by atoms with Crippen LogP contribution in [-0.4, -0.2) is 30.9 Å². The number of rotatable bonds is 3. The SMILES string of the molecule is Cc1ccc([C@H](C)NC(=O)C2CCN(C)CC2)c(C)c1. The molecular formula is C17H26N2O. The third-order valence-corrected chi connectivity index (χ3v) is 4.34. The first-order valence-electron chi connectivity index (χ1n) is 7.53. The highest BCUT2D eigenvalue weighted by Crippen LogP contribution is 2.21. The van der Waals surface area contributed by atoms with Crippen molar-refractivity contribution in [1.82, 2.24) is 10.2 Å². The molecule has 3 heteroatoms. The van der Waals surface area contributed by atoms with Crippen molar-refractivity contribution in [3.8, 4) is 0 Å². The average molecular weight is 274 g/mol. The Morgan fingerprint density at radius 2 is 1.95 bits per heavy atom. The van der Waals surface area contributed by atoms with Crippen LogP contribution in [0.5, 0.6) is 0 Å². The Morgan fingerprint density at radius 1 is 1.30 bits per heavy atom. The van der Waals surface area contributed by atoms with Gasteiger partial charge in [0.1, 0.15) is 0 Å². The molecule has 20 heavy (non-hydrogen) atoms. The molecule has 1 aliphatic heterocycles. The van der Waals surface area contributed by atoms with E-state index in [1.165, 1.54) is 16.7 Å². The Balaban J connectivity index is 1.96. The molecule has 3 nitrogen and oxygen atoms in total. The molecule has 0 bridgehead atoms. The summed E-state index contributed by atoms with van der Waals surface area (Å²) in [4.78, 5) is 14.6. The molecule has 0 aromatic heterocycles. The maximum Gasteiger partial charge on any atom is 0.223 e. The summed E-state index contributed by atoms with van der Waals surface area (Å²) < 4.78 is 0. The van der Waals surface area contributed by atoms with Crippen molar-refractivity contribution >= 4 is 5.91 Å². The van der Waals surface area contributed by atoms with E-state index < -0.39 is 0 Å². The van der Waals surface area contributed by atoms with Gasteiger partial charge in [0.05, 0.1) is 6.04 Å². The molecule has 1 fully saturated rings. The number of hydrogen-bond acceptors (Lipinski definition) is 2. The first-order chi connectivity index (χ1) is 9.47. The van der Waals surface area contributed by atoms with Gasteiger partial charge in [0.25, 0.3) is 0 Å². The average Bonchev–Trinajstić information content (AvgIpc) is 2.39. The summed E-state index contributed by atoms with van der Waals surface area (Å²) in [6, 6.07) is 6.50.